The first-order chi connectivity index (χ1) is 12.4. The largest absolute Gasteiger partial charge is 0.320 e. The Labute approximate surface area is 154 Å². The van der Waals surface area contributed by atoms with E-state index < -0.39 is 5.91 Å². The number of hydrogen-bond donors (Lipinski definition) is 1. The van der Waals surface area contributed by atoms with Crippen LogP contribution >= 0.6 is 11.6 Å². The summed E-state index contributed by atoms with van der Waals surface area (Å²) in [5, 5.41) is 7.38. The van der Waals surface area contributed by atoms with Gasteiger partial charge in [-0.15, -0.1) is 0 Å². The second kappa shape index (κ2) is 7.49. The summed E-state index contributed by atoms with van der Waals surface area (Å²) in [6.45, 7) is 1.93. The Kier molecular flexibility index (Phi) is 5.14. The molecule has 0 aliphatic rings. The second-order valence-electron chi connectivity index (χ2n) is 5.71. The van der Waals surface area contributed by atoms with Crippen LogP contribution in [0.4, 0.5) is 10.1 Å². The molecule has 3 rings (SSSR count). The number of anilines is 1. The fourth-order valence-corrected chi connectivity index (χ4v) is 2.55. The van der Waals surface area contributed by atoms with Gasteiger partial charge in [0, 0.05) is 16.8 Å². The van der Waals surface area contributed by atoms with Crippen LogP contribution in [0.2, 0.25) is 5.02 Å². The minimum absolute atomic E-state index is 0.0890. The van der Waals surface area contributed by atoms with Crippen molar-refractivity contribution in [2.75, 3.05) is 5.32 Å². The van der Waals surface area contributed by atoms with Crippen molar-refractivity contribution >= 4 is 23.2 Å². The van der Waals surface area contributed by atoms with Crippen LogP contribution in [0.5, 0.6) is 0 Å². The van der Waals surface area contributed by atoms with Crippen molar-refractivity contribution < 1.29 is 9.18 Å². The number of aromatic nitrogens is 2. The van der Waals surface area contributed by atoms with Gasteiger partial charge in [-0.25, -0.2) is 9.07 Å². The third-order valence-electron chi connectivity index (χ3n) is 3.86. The molecule has 3 aromatic rings. The average Bonchev–Trinajstić information content (AvgIpc) is 2.62. The standard InChI is InChI=1S/C19H15ClFN3O2/c1-12-15(20)3-2-4-16(12)22-19(26)17-9-10-18(25)24(23-17)11-13-5-7-14(21)8-6-13/h2-10H,11H2,1H3,(H,22,26). The number of carbonyl (C=O) groups is 1. The highest BCUT2D eigenvalue weighted by Gasteiger charge is 2.12. The smallest absolute Gasteiger partial charge is 0.276 e. The molecule has 0 bridgehead atoms. The summed E-state index contributed by atoms with van der Waals surface area (Å²) in [4.78, 5) is 24.5. The molecule has 1 N–H and O–H groups in total. The molecule has 7 heteroatoms. The lowest BCUT2D eigenvalue weighted by atomic mass is 10.2. The van der Waals surface area contributed by atoms with Gasteiger partial charge in [0.2, 0.25) is 0 Å². The number of halogens is 2. The van der Waals surface area contributed by atoms with Crippen molar-refractivity contribution in [2.24, 2.45) is 0 Å². The van der Waals surface area contributed by atoms with E-state index in [1.54, 1.807) is 37.3 Å². The fourth-order valence-electron chi connectivity index (χ4n) is 2.38. The Balaban J connectivity index is 1.84. The van der Waals surface area contributed by atoms with Gasteiger partial charge < -0.3 is 5.32 Å². The highest BCUT2D eigenvalue weighted by molar-refractivity contribution is 6.31. The number of hydrogen-bond acceptors (Lipinski definition) is 3. The van der Waals surface area contributed by atoms with Gasteiger partial charge in [0.1, 0.15) is 11.5 Å². The van der Waals surface area contributed by atoms with Gasteiger partial charge in [-0.05, 0) is 48.4 Å². The Morgan fingerprint density at radius 1 is 1.15 bits per heavy atom. The Bertz CT molecular complexity index is 1020. The number of nitrogens with one attached hydrogen (secondary N) is 1. The van der Waals surface area contributed by atoms with E-state index in [9.17, 15) is 14.0 Å². The summed E-state index contributed by atoms with van der Waals surface area (Å²) in [5.74, 6) is -0.817. The molecular weight excluding hydrogens is 357 g/mol. The van der Waals surface area contributed by atoms with E-state index in [1.165, 1.54) is 24.3 Å². The number of amides is 1. The predicted molar refractivity (Wildman–Crippen MR) is 98.1 cm³/mol. The zero-order chi connectivity index (χ0) is 18.7. The second-order valence-corrected chi connectivity index (χ2v) is 6.11. The van der Waals surface area contributed by atoms with Crippen LogP contribution in [0.3, 0.4) is 0 Å². The molecule has 1 aromatic heterocycles. The molecule has 0 unspecified atom stereocenters. The first-order valence-corrected chi connectivity index (χ1v) is 8.21. The molecule has 1 amide bonds. The molecule has 0 radical (unpaired) electrons. The van der Waals surface area contributed by atoms with Gasteiger partial charge in [-0.1, -0.05) is 29.8 Å². The van der Waals surface area contributed by atoms with Gasteiger partial charge >= 0.3 is 0 Å². The molecule has 0 saturated carbocycles. The maximum atomic E-state index is 13.0. The molecule has 0 aliphatic heterocycles. The molecule has 0 fully saturated rings. The molecule has 2 aromatic carbocycles. The SMILES string of the molecule is Cc1c(Cl)cccc1NC(=O)c1ccc(=O)n(Cc2ccc(F)cc2)n1. The third-order valence-corrected chi connectivity index (χ3v) is 4.27. The molecule has 0 saturated heterocycles. The van der Waals surface area contributed by atoms with Crippen LogP contribution in [-0.4, -0.2) is 15.7 Å². The zero-order valence-electron chi connectivity index (χ0n) is 13.9. The van der Waals surface area contributed by atoms with E-state index in [-0.39, 0.29) is 23.6 Å². The molecule has 5 nitrogen and oxygen atoms in total. The lowest BCUT2D eigenvalue weighted by Gasteiger charge is -2.10. The monoisotopic (exact) mass is 371 g/mol. The molecule has 0 atom stereocenters. The summed E-state index contributed by atoms with van der Waals surface area (Å²) >= 11 is 6.05. The van der Waals surface area contributed by atoms with E-state index in [1.807, 2.05) is 0 Å². The Morgan fingerprint density at radius 3 is 2.62 bits per heavy atom. The topological polar surface area (TPSA) is 64.0 Å². The minimum atomic E-state index is -0.455. The Hall–Kier alpha value is -2.99. The molecule has 0 spiro atoms. The molecule has 1 heterocycles. The van der Waals surface area contributed by atoms with E-state index in [2.05, 4.69) is 10.4 Å². The van der Waals surface area contributed by atoms with Gasteiger partial charge in [0.25, 0.3) is 11.5 Å². The summed E-state index contributed by atoms with van der Waals surface area (Å²) in [7, 11) is 0. The quantitative estimate of drug-likeness (QED) is 0.761. The maximum Gasteiger partial charge on any atom is 0.276 e. The minimum Gasteiger partial charge on any atom is -0.320 e. The van der Waals surface area contributed by atoms with Gasteiger partial charge in [-0.3, -0.25) is 9.59 Å². The Morgan fingerprint density at radius 2 is 1.88 bits per heavy atom. The van der Waals surface area contributed by atoms with E-state index in [0.29, 0.717) is 16.3 Å². The van der Waals surface area contributed by atoms with Gasteiger partial charge in [0.15, 0.2) is 0 Å². The van der Waals surface area contributed by atoms with Crippen LogP contribution in [0.15, 0.2) is 59.4 Å². The molecular formula is C19H15ClFN3O2. The summed E-state index contributed by atoms with van der Waals surface area (Å²) in [5.41, 5.74) is 1.74. The van der Waals surface area contributed by atoms with Crippen molar-refractivity contribution in [3.63, 3.8) is 0 Å². The van der Waals surface area contributed by atoms with E-state index in [0.717, 1.165) is 10.2 Å². The van der Waals surface area contributed by atoms with Crippen LogP contribution in [0.1, 0.15) is 21.6 Å². The van der Waals surface area contributed by atoms with Gasteiger partial charge in [-0.2, -0.15) is 5.10 Å². The van der Waals surface area contributed by atoms with Crippen molar-refractivity contribution in [3.8, 4) is 0 Å². The highest BCUT2D eigenvalue weighted by atomic mass is 35.5. The maximum absolute atomic E-state index is 13.0. The van der Waals surface area contributed by atoms with Crippen LogP contribution in [-0.2, 0) is 6.54 Å². The fraction of sp³-hybridized carbons (Fsp3) is 0.105. The first-order valence-electron chi connectivity index (χ1n) is 7.83. The van der Waals surface area contributed by atoms with Crippen molar-refractivity contribution in [1.29, 1.82) is 0 Å². The average molecular weight is 372 g/mol. The van der Waals surface area contributed by atoms with Gasteiger partial charge in [0.05, 0.1) is 6.54 Å². The summed E-state index contributed by atoms with van der Waals surface area (Å²) < 4.78 is 14.2. The lowest BCUT2D eigenvalue weighted by molar-refractivity contribution is 0.102. The van der Waals surface area contributed by atoms with Crippen molar-refractivity contribution in [2.45, 2.75) is 13.5 Å². The molecule has 132 valence electrons. The number of benzene rings is 2. The number of rotatable bonds is 4. The van der Waals surface area contributed by atoms with E-state index >= 15 is 0 Å². The highest BCUT2D eigenvalue weighted by Crippen LogP contribution is 2.23. The van der Waals surface area contributed by atoms with Crippen molar-refractivity contribution in [3.05, 3.63) is 92.6 Å². The van der Waals surface area contributed by atoms with Crippen LogP contribution < -0.4 is 10.9 Å². The molecule has 0 aliphatic carbocycles. The first kappa shape index (κ1) is 17.8. The normalized spacial score (nSPS) is 10.6. The molecule has 26 heavy (non-hydrogen) atoms. The van der Waals surface area contributed by atoms with E-state index in [4.69, 9.17) is 11.6 Å². The predicted octanol–water partition coefficient (Wildman–Crippen LogP) is 3.64. The zero-order valence-corrected chi connectivity index (χ0v) is 14.6. The number of carbonyl (C=O) groups excluding carboxylic acids is 1. The van der Waals surface area contributed by atoms with Crippen LogP contribution in [0, 0.1) is 12.7 Å². The number of nitrogens with zero attached hydrogens (tertiary/aromatic N) is 2. The summed E-state index contributed by atoms with van der Waals surface area (Å²) in [6.07, 6.45) is 0. The van der Waals surface area contributed by atoms with Crippen molar-refractivity contribution in [1.82, 2.24) is 9.78 Å². The third kappa shape index (κ3) is 3.97. The van der Waals surface area contributed by atoms with Crippen LogP contribution in [0.25, 0.3) is 0 Å². The summed E-state index contributed by atoms with van der Waals surface area (Å²) in [6, 6.07) is 13.6. The lowest BCUT2D eigenvalue weighted by Crippen LogP contribution is -2.26.